The molecule has 0 aliphatic heterocycles. The maximum Gasteiger partial charge on any atom is 0.339 e. The average Bonchev–Trinajstić information content (AvgIpc) is 2.75. The number of rotatable bonds is 5. The minimum Gasteiger partial charge on any atom is -0.465 e. The molecule has 3 rings (SSSR count). The minimum absolute atomic E-state index is 0.0411. The maximum absolute atomic E-state index is 13.7. The van der Waals surface area contributed by atoms with Crippen molar-refractivity contribution in [3.8, 4) is 0 Å². The molecule has 0 aliphatic carbocycles. The molecule has 29 heavy (non-hydrogen) atoms. The van der Waals surface area contributed by atoms with E-state index in [-0.39, 0.29) is 28.1 Å². The number of halogens is 1. The van der Waals surface area contributed by atoms with Crippen molar-refractivity contribution in [1.82, 2.24) is 0 Å². The van der Waals surface area contributed by atoms with Gasteiger partial charge in [-0.05, 0) is 42.5 Å². The molecule has 6 nitrogen and oxygen atoms in total. The van der Waals surface area contributed by atoms with Gasteiger partial charge in [-0.15, -0.1) is 0 Å². The quantitative estimate of drug-likeness (QED) is 0.640. The number of anilines is 2. The lowest BCUT2D eigenvalue weighted by molar-refractivity contribution is 0.0601. The van der Waals surface area contributed by atoms with Crippen molar-refractivity contribution in [2.24, 2.45) is 0 Å². The van der Waals surface area contributed by atoms with Crippen LogP contribution in [0.4, 0.5) is 15.8 Å². The Morgan fingerprint density at radius 1 is 0.759 bits per heavy atom. The predicted octanol–water partition coefficient (Wildman–Crippen LogP) is 4.12. The van der Waals surface area contributed by atoms with Crippen molar-refractivity contribution >= 4 is 29.2 Å². The van der Waals surface area contributed by atoms with Gasteiger partial charge in [0, 0.05) is 11.1 Å². The minimum atomic E-state index is -0.584. The zero-order chi connectivity index (χ0) is 20.8. The summed E-state index contributed by atoms with van der Waals surface area (Å²) >= 11 is 0. The average molecular weight is 392 g/mol. The van der Waals surface area contributed by atoms with Crippen molar-refractivity contribution in [1.29, 1.82) is 0 Å². The molecular formula is C22H17FN2O4. The largest absolute Gasteiger partial charge is 0.465 e. The van der Waals surface area contributed by atoms with Crippen LogP contribution in [0.2, 0.25) is 0 Å². The molecular weight excluding hydrogens is 375 g/mol. The van der Waals surface area contributed by atoms with E-state index < -0.39 is 23.6 Å². The number of carbonyl (C=O) groups is 3. The van der Waals surface area contributed by atoms with Crippen molar-refractivity contribution in [2.75, 3.05) is 17.7 Å². The number of carbonyl (C=O) groups excluding carboxylic acids is 3. The first-order chi connectivity index (χ1) is 14.0. The Hall–Kier alpha value is -4.00. The summed E-state index contributed by atoms with van der Waals surface area (Å²) in [4.78, 5) is 36.9. The number of hydrogen-bond donors (Lipinski definition) is 2. The first-order valence-corrected chi connectivity index (χ1v) is 8.64. The lowest BCUT2D eigenvalue weighted by atomic mass is 10.1. The zero-order valence-electron chi connectivity index (χ0n) is 15.4. The van der Waals surface area contributed by atoms with Gasteiger partial charge in [-0.25, -0.2) is 9.18 Å². The van der Waals surface area contributed by atoms with E-state index in [0.717, 1.165) is 0 Å². The van der Waals surface area contributed by atoms with Gasteiger partial charge in [0.25, 0.3) is 11.8 Å². The van der Waals surface area contributed by atoms with Gasteiger partial charge >= 0.3 is 5.97 Å². The highest BCUT2D eigenvalue weighted by atomic mass is 19.1. The highest BCUT2D eigenvalue weighted by Crippen LogP contribution is 2.18. The third-order valence-electron chi connectivity index (χ3n) is 4.09. The third-order valence-corrected chi connectivity index (χ3v) is 4.09. The molecule has 0 radical (unpaired) electrons. The maximum atomic E-state index is 13.7. The van der Waals surface area contributed by atoms with E-state index in [0.29, 0.717) is 0 Å². The molecule has 3 aromatic rings. The van der Waals surface area contributed by atoms with Crippen LogP contribution in [0.3, 0.4) is 0 Å². The molecule has 0 aliphatic rings. The summed E-state index contributed by atoms with van der Waals surface area (Å²) in [6, 6.07) is 18.2. The summed E-state index contributed by atoms with van der Waals surface area (Å²) in [5.41, 5.74) is 0.912. The first-order valence-electron chi connectivity index (χ1n) is 8.64. The Balaban J connectivity index is 1.79. The molecule has 146 valence electrons. The third kappa shape index (κ3) is 4.65. The van der Waals surface area contributed by atoms with E-state index in [1.54, 1.807) is 24.3 Å². The van der Waals surface area contributed by atoms with Crippen LogP contribution in [-0.4, -0.2) is 24.9 Å². The molecule has 0 aromatic heterocycles. The van der Waals surface area contributed by atoms with Crippen LogP contribution in [0.25, 0.3) is 0 Å². The van der Waals surface area contributed by atoms with Gasteiger partial charge < -0.3 is 15.4 Å². The van der Waals surface area contributed by atoms with Gasteiger partial charge in [-0.2, -0.15) is 0 Å². The Bertz CT molecular complexity index is 1080. The van der Waals surface area contributed by atoms with E-state index >= 15 is 0 Å². The highest BCUT2D eigenvalue weighted by Gasteiger charge is 2.16. The first kappa shape index (κ1) is 19.8. The number of para-hydroxylation sites is 2. The summed E-state index contributed by atoms with van der Waals surface area (Å²) in [5.74, 6) is -2.21. The van der Waals surface area contributed by atoms with Gasteiger partial charge in [0.05, 0.1) is 24.0 Å². The van der Waals surface area contributed by atoms with Crippen LogP contribution in [0.1, 0.15) is 31.1 Å². The smallest absolute Gasteiger partial charge is 0.339 e. The number of methoxy groups -OCH3 is 1. The van der Waals surface area contributed by atoms with Crippen LogP contribution in [-0.2, 0) is 4.74 Å². The Morgan fingerprint density at radius 2 is 1.31 bits per heavy atom. The Labute approximate surface area is 166 Å². The van der Waals surface area contributed by atoms with Crippen molar-refractivity contribution in [3.63, 3.8) is 0 Å². The van der Waals surface area contributed by atoms with E-state index in [9.17, 15) is 18.8 Å². The molecule has 0 fully saturated rings. The fraction of sp³-hybridized carbons (Fsp3) is 0.0455. The van der Waals surface area contributed by atoms with Crippen molar-refractivity contribution in [2.45, 2.75) is 0 Å². The zero-order valence-corrected chi connectivity index (χ0v) is 15.4. The molecule has 0 bridgehead atoms. The molecule has 2 amide bonds. The molecule has 7 heteroatoms. The van der Waals surface area contributed by atoms with Gasteiger partial charge in [-0.1, -0.05) is 30.3 Å². The predicted molar refractivity (Wildman–Crippen MR) is 107 cm³/mol. The molecule has 0 saturated heterocycles. The normalized spacial score (nSPS) is 10.1. The summed E-state index contributed by atoms with van der Waals surface area (Å²) in [6.07, 6.45) is 0. The highest BCUT2D eigenvalue weighted by molar-refractivity contribution is 6.10. The second-order valence-electron chi connectivity index (χ2n) is 6.01. The van der Waals surface area contributed by atoms with E-state index in [2.05, 4.69) is 10.6 Å². The van der Waals surface area contributed by atoms with Crippen molar-refractivity contribution in [3.05, 3.63) is 95.3 Å². The molecule has 0 spiro atoms. The van der Waals surface area contributed by atoms with Crippen LogP contribution < -0.4 is 10.6 Å². The van der Waals surface area contributed by atoms with Crippen molar-refractivity contribution < 1.29 is 23.5 Å². The molecule has 0 heterocycles. The molecule has 3 aromatic carbocycles. The number of nitrogens with one attached hydrogen (secondary N) is 2. The Kier molecular flexibility index (Phi) is 5.99. The van der Waals surface area contributed by atoms with Crippen LogP contribution >= 0.6 is 0 Å². The summed E-state index contributed by atoms with van der Waals surface area (Å²) in [5, 5.41) is 5.10. The second-order valence-corrected chi connectivity index (χ2v) is 6.01. The number of amides is 2. The Morgan fingerprint density at radius 3 is 1.93 bits per heavy atom. The van der Waals surface area contributed by atoms with E-state index in [1.807, 2.05) is 0 Å². The van der Waals surface area contributed by atoms with Gasteiger partial charge in [0.15, 0.2) is 0 Å². The molecule has 2 N–H and O–H groups in total. The second kappa shape index (κ2) is 8.79. The molecule has 0 atom stereocenters. The number of ether oxygens (including phenoxy) is 1. The van der Waals surface area contributed by atoms with Crippen LogP contribution in [0.15, 0.2) is 72.8 Å². The SMILES string of the molecule is COC(=O)c1ccccc1NC(=O)c1cccc(C(=O)Nc2ccccc2F)c1. The summed E-state index contributed by atoms with van der Waals surface area (Å²) in [7, 11) is 1.25. The standard InChI is InChI=1S/C22H17FN2O4/c1-29-22(28)16-9-2-4-11-18(16)24-20(26)14-7-6-8-15(13-14)21(27)25-19-12-5-3-10-17(19)23/h2-13H,1H3,(H,24,26)(H,25,27). The number of benzene rings is 3. The number of hydrogen-bond acceptors (Lipinski definition) is 4. The van der Waals surface area contributed by atoms with Gasteiger partial charge in [0.2, 0.25) is 0 Å². The molecule has 0 unspecified atom stereocenters. The summed E-state index contributed by atoms with van der Waals surface area (Å²) < 4.78 is 18.4. The molecule has 0 saturated carbocycles. The number of esters is 1. The fourth-order valence-electron chi connectivity index (χ4n) is 2.63. The van der Waals surface area contributed by atoms with Crippen LogP contribution in [0.5, 0.6) is 0 Å². The lowest BCUT2D eigenvalue weighted by Gasteiger charge is -2.11. The summed E-state index contributed by atoms with van der Waals surface area (Å²) in [6.45, 7) is 0. The fourth-order valence-corrected chi connectivity index (χ4v) is 2.63. The van der Waals surface area contributed by atoms with Crippen LogP contribution in [0, 0.1) is 5.82 Å². The van der Waals surface area contributed by atoms with E-state index in [1.165, 1.54) is 55.6 Å². The van der Waals surface area contributed by atoms with E-state index in [4.69, 9.17) is 4.74 Å². The van der Waals surface area contributed by atoms with Gasteiger partial charge in [-0.3, -0.25) is 9.59 Å². The monoisotopic (exact) mass is 392 g/mol. The topological polar surface area (TPSA) is 84.5 Å². The van der Waals surface area contributed by atoms with Gasteiger partial charge in [0.1, 0.15) is 5.82 Å². The lowest BCUT2D eigenvalue weighted by Crippen LogP contribution is -2.17.